The molecule has 26 heavy (non-hydrogen) atoms. The minimum Gasteiger partial charge on any atom is -0.479 e. The first-order valence-electron chi connectivity index (χ1n) is 8.65. The standard InChI is InChI=1S/C18H23N3O5/c1-20-7-9-21(10-8-20)17(23)13(11-12-5-3-2-4-6-12)19-16(22)14-15(26-14)18(24)25/h2-6,13-15H,7-11H2,1H3,(H,19,22)(H,24,25)/t13-,14-,15-/m0/s1. The van der Waals surface area contributed by atoms with Gasteiger partial charge in [0.25, 0.3) is 5.91 Å². The summed E-state index contributed by atoms with van der Waals surface area (Å²) in [5.74, 6) is -1.88. The van der Waals surface area contributed by atoms with Crippen LogP contribution in [-0.4, -0.2) is 84.2 Å². The topological polar surface area (TPSA) is 102 Å². The smallest absolute Gasteiger partial charge is 0.336 e. The van der Waals surface area contributed by atoms with Gasteiger partial charge in [-0.3, -0.25) is 9.59 Å². The second-order valence-corrected chi connectivity index (χ2v) is 6.69. The maximum absolute atomic E-state index is 12.9. The van der Waals surface area contributed by atoms with Crippen LogP contribution in [0.15, 0.2) is 30.3 Å². The highest BCUT2D eigenvalue weighted by Gasteiger charge is 2.51. The number of hydrogen-bond acceptors (Lipinski definition) is 5. The molecule has 2 fully saturated rings. The van der Waals surface area contributed by atoms with Crippen LogP contribution in [0.2, 0.25) is 0 Å². The Morgan fingerprint density at radius 2 is 1.81 bits per heavy atom. The van der Waals surface area contributed by atoms with Gasteiger partial charge in [0.2, 0.25) is 5.91 Å². The molecule has 0 saturated carbocycles. The maximum atomic E-state index is 12.9. The number of carbonyl (C=O) groups is 3. The average molecular weight is 361 g/mol. The van der Waals surface area contributed by atoms with Crippen LogP contribution < -0.4 is 5.32 Å². The molecule has 2 N–H and O–H groups in total. The van der Waals surface area contributed by atoms with E-state index in [0.717, 1.165) is 18.7 Å². The highest BCUT2D eigenvalue weighted by atomic mass is 16.6. The Labute approximate surface area is 151 Å². The summed E-state index contributed by atoms with van der Waals surface area (Å²) >= 11 is 0. The summed E-state index contributed by atoms with van der Waals surface area (Å²) in [4.78, 5) is 40.0. The van der Waals surface area contributed by atoms with Gasteiger partial charge in [0.05, 0.1) is 0 Å². The zero-order valence-corrected chi connectivity index (χ0v) is 14.6. The zero-order valence-electron chi connectivity index (χ0n) is 14.6. The molecule has 1 aromatic rings. The molecule has 0 unspecified atom stereocenters. The Balaban J connectivity index is 1.68. The van der Waals surface area contributed by atoms with Gasteiger partial charge in [-0.25, -0.2) is 4.79 Å². The van der Waals surface area contributed by atoms with Crippen molar-refractivity contribution in [2.24, 2.45) is 0 Å². The molecule has 0 spiro atoms. The highest BCUT2D eigenvalue weighted by Crippen LogP contribution is 2.22. The summed E-state index contributed by atoms with van der Waals surface area (Å²) in [6.07, 6.45) is -1.79. The van der Waals surface area contributed by atoms with Crippen LogP contribution in [0.1, 0.15) is 5.56 Å². The van der Waals surface area contributed by atoms with Gasteiger partial charge in [-0.2, -0.15) is 0 Å². The van der Waals surface area contributed by atoms with Crippen molar-refractivity contribution >= 4 is 17.8 Å². The van der Waals surface area contributed by atoms with Gasteiger partial charge in [-0.05, 0) is 12.6 Å². The molecule has 3 atom stereocenters. The van der Waals surface area contributed by atoms with Gasteiger partial charge in [-0.15, -0.1) is 0 Å². The van der Waals surface area contributed by atoms with Crippen molar-refractivity contribution in [2.45, 2.75) is 24.7 Å². The van der Waals surface area contributed by atoms with Crippen LogP contribution in [0, 0.1) is 0 Å². The third kappa shape index (κ3) is 4.39. The van der Waals surface area contributed by atoms with E-state index in [1.807, 2.05) is 37.4 Å². The number of hydrogen-bond donors (Lipinski definition) is 2. The van der Waals surface area contributed by atoms with Crippen LogP contribution in [0.5, 0.6) is 0 Å². The van der Waals surface area contributed by atoms with Crippen molar-refractivity contribution in [3.63, 3.8) is 0 Å². The number of amides is 2. The molecule has 3 rings (SSSR count). The van der Waals surface area contributed by atoms with Gasteiger partial charge in [0.15, 0.2) is 12.2 Å². The Morgan fingerprint density at radius 3 is 2.38 bits per heavy atom. The van der Waals surface area contributed by atoms with E-state index < -0.39 is 30.1 Å². The first-order chi connectivity index (χ1) is 12.5. The fourth-order valence-corrected chi connectivity index (χ4v) is 3.05. The van der Waals surface area contributed by atoms with Crippen molar-refractivity contribution in [1.29, 1.82) is 0 Å². The molecule has 2 aliphatic heterocycles. The van der Waals surface area contributed by atoms with E-state index in [4.69, 9.17) is 9.84 Å². The number of nitrogens with one attached hydrogen (secondary N) is 1. The number of carboxylic acids is 1. The Hall–Kier alpha value is -2.45. The number of piperazine rings is 1. The van der Waals surface area contributed by atoms with Crippen LogP contribution in [0.25, 0.3) is 0 Å². The zero-order chi connectivity index (χ0) is 18.7. The summed E-state index contributed by atoms with van der Waals surface area (Å²) < 4.78 is 4.89. The number of benzene rings is 1. The molecule has 2 saturated heterocycles. The molecule has 0 bridgehead atoms. The van der Waals surface area contributed by atoms with Gasteiger partial charge < -0.3 is 25.0 Å². The molecule has 1 aromatic carbocycles. The molecular formula is C18H23N3O5. The lowest BCUT2D eigenvalue weighted by molar-refractivity contribution is -0.138. The lowest BCUT2D eigenvalue weighted by Gasteiger charge is -2.34. The van der Waals surface area contributed by atoms with Crippen molar-refractivity contribution in [3.8, 4) is 0 Å². The van der Waals surface area contributed by atoms with Gasteiger partial charge >= 0.3 is 5.97 Å². The lowest BCUT2D eigenvalue weighted by Crippen LogP contribution is -2.55. The lowest BCUT2D eigenvalue weighted by atomic mass is 10.0. The molecule has 2 heterocycles. The quantitative estimate of drug-likeness (QED) is 0.652. The number of ether oxygens (including phenoxy) is 1. The summed E-state index contributed by atoms with van der Waals surface area (Å²) in [6.45, 7) is 2.78. The van der Waals surface area contributed by atoms with Gasteiger partial charge in [-0.1, -0.05) is 30.3 Å². The number of likely N-dealkylation sites (N-methyl/N-ethyl adjacent to an activating group) is 1. The number of aliphatic carboxylic acids is 1. The van der Waals surface area contributed by atoms with E-state index in [9.17, 15) is 14.4 Å². The average Bonchev–Trinajstić information content (AvgIpc) is 3.43. The summed E-state index contributed by atoms with van der Waals surface area (Å²) in [7, 11) is 2.00. The van der Waals surface area contributed by atoms with E-state index in [1.165, 1.54) is 0 Å². The van der Waals surface area contributed by atoms with Crippen LogP contribution >= 0.6 is 0 Å². The van der Waals surface area contributed by atoms with E-state index in [2.05, 4.69) is 10.2 Å². The summed E-state index contributed by atoms with van der Waals surface area (Å²) in [6, 6.07) is 8.67. The molecule has 0 aliphatic carbocycles. The predicted molar refractivity (Wildman–Crippen MR) is 92.5 cm³/mol. The third-order valence-electron chi connectivity index (χ3n) is 4.71. The SMILES string of the molecule is CN1CCN(C(=O)[C@H](Cc2ccccc2)NC(=O)[C@H]2O[C@@H]2C(=O)O)CC1. The number of carbonyl (C=O) groups excluding carboxylic acids is 2. The van der Waals surface area contributed by atoms with Crippen LogP contribution in [-0.2, 0) is 25.5 Å². The molecule has 8 heteroatoms. The largest absolute Gasteiger partial charge is 0.479 e. The van der Waals surface area contributed by atoms with Crippen molar-refractivity contribution in [1.82, 2.24) is 15.1 Å². The molecule has 0 radical (unpaired) electrons. The van der Waals surface area contributed by atoms with E-state index in [-0.39, 0.29) is 5.91 Å². The Morgan fingerprint density at radius 1 is 1.15 bits per heavy atom. The van der Waals surface area contributed by atoms with Crippen molar-refractivity contribution in [3.05, 3.63) is 35.9 Å². The molecule has 140 valence electrons. The minimum absolute atomic E-state index is 0.150. The molecule has 2 aliphatic rings. The van der Waals surface area contributed by atoms with E-state index in [0.29, 0.717) is 19.5 Å². The van der Waals surface area contributed by atoms with E-state index >= 15 is 0 Å². The molecule has 8 nitrogen and oxygen atoms in total. The van der Waals surface area contributed by atoms with Crippen molar-refractivity contribution in [2.75, 3.05) is 33.2 Å². The monoisotopic (exact) mass is 361 g/mol. The minimum atomic E-state index is -1.17. The van der Waals surface area contributed by atoms with Crippen LogP contribution in [0.4, 0.5) is 0 Å². The molecule has 0 aromatic heterocycles. The van der Waals surface area contributed by atoms with Crippen molar-refractivity contribution < 1.29 is 24.2 Å². The van der Waals surface area contributed by atoms with E-state index in [1.54, 1.807) is 4.90 Å². The summed E-state index contributed by atoms with van der Waals surface area (Å²) in [5.41, 5.74) is 0.923. The highest BCUT2D eigenvalue weighted by molar-refractivity contribution is 5.95. The third-order valence-corrected chi connectivity index (χ3v) is 4.71. The second-order valence-electron chi connectivity index (χ2n) is 6.69. The molecule has 2 amide bonds. The van der Waals surface area contributed by atoms with Crippen LogP contribution in [0.3, 0.4) is 0 Å². The van der Waals surface area contributed by atoms with Gasteiger partial charge in [0.1, 0.15) is 6.04 Å². The fourth-order valence-electron chi connectivity index (χ4n) is 3.05. The number of nitrogens with zero attached hydrogens (tertiary/aromatic N) is 2. The fraction of sp³-hybridized carbons (Fsp3) is 0.500. The number of epoxide rings is 1. The molecular weight excluding hydrogens is 338 g/mol. The normalized spacial score (nSPS) is 24.0. The maximum Gasteiger partial charge on any atom is 0.336 e. The first-order valence-corrected chi connectivity index (χ1v) is 8.65. The predicted octanol–water partition coefficient (Wildman–Crippen LogP) is -0.660. The Bertz CT molecular complexity index is 673. The second kappa shape index (κ2) is 7.84. The number of rotatable bonds is 6. The Kier molecular flexibility index (Phi) is 5.53. The van der Waals surface area contributed by atoms with Gasteiger partial charge in [0, 0.05) is 32.6 Å². The number of carboxylic acid groups (broad SMARTS) is 1. The first kappa shape index (κ1) is 18.3. The summed E-state index contributed by atoms with van der Waals surface area (Å²) in [5, 5.41) is 11.6.